The van der Waals surface area contributed by atoms with Gasteiger partial charge in [0.15, 0.2) is 0 Å². The second kappa shape index (κ2) is 5.37. The molecule has 90 valence electrons. The maximum Gasteiger partial charge on any atom is 0.244 e. The minimum absolute atomic E-state index is 0.0261. The molecule has 0 aliphatic carbocycles. The number of hydrogen-bond donors (Lipinski definition) is 0. The summed E-state index contributed by atoms with van der Waals surface area (Å²) in [5, 5.41) is 10.6. The molecule has 0 unspecified atom stereocenters. The number of aromatic nitrogens is 4. The first-order valence-electron chi connectivity index (χ1n) is 4.84. The molecule has 0 fully saturated rings. The molecule has 0 bridgehead atoms. The zero-order valence-electron chi connectivity index (χ0n) is 9.08. The van der Waals surface area contributed by atoms with Gasteiger partial charge in [-0.1, -0.05) is 0 Å². The van der Waals surface area contributed by atoms with Gasteiger partial charge in [0.25, 0.3) is 0 Å². The fourth-order valence-electron chi connectivity index (χ4n) is 1.27. The van der Waals surface area contributed by atoms with Crippen molar-refractivity contribution in [3.63, 3.8) is 0 Å². The quantitative estimate of drug-likeness (QED) is 0.849. The second-order valence-corrected chi connectivity index (χ2v) is 6.01. The Morgan fingerprint density at radius 2 is 2.41 bits per heavy atom. The normalized spacial score (nSPS) is 10.5. The van der Waals surface area contributed by atoms with Crippen LogP contribution in [0, 0.1) is 0 Å². The molecule has 0 saturated heterocycles. The summed E-state index contributed by atoms with van der Waals surface area (Å²) in [5.74, 6) is -0.0261. The van der Waals surface area contributed by atoms with Crippen LogP contribution in [0.5, 0.6) is 0 Å². The van der Waals surface area contributed by atoms with Crippen LogP contribution < -0.4 is 0 Å². The van der Waals surface area contributed by atoms with E-state index in [1.165, 1.54) is 11.0 Å². The van der Waals surface area contributed by atoms with Crippen LogP contribution in [0.3, 0.4) is 0 Å². The van der Waals surface area contributed by atoms with E-state index >= 15 is 0 Å². The lowest BCUT2D eigenvalue weighted by Gasteiger charge is -2.15. The summed E-state index contributed by atoms with van der Waals surface area (Å²) < 4.78 is 2.47. The number of thiophene rings is 1. The molecule has 2 heterocycles. The summed E-state index contributed by atoms with van der Waals surface area (Å²) in [6.07, 6.45) is 1.42. The number of halogens is 1. The number of nitrogens with zero attached hydrogens (tertiary/aromatic N) is 5. The zero-order valence-corrected chi connectivity index (χ0v) is 11.5. The molecule has 0 saturated carbocycles. The summed E-state index contributed by atoms with van der Waals surface area (Å²) in [5.41, 5.74) is 0. The number of hydrogen-bond acceptors (Lipinski definition) is 5. The zero-order chi connectivity index (χ0) is 12.3. The third-order valence-electron chi connectivity index (χ3n) is 2.14. The van der Waals surface area contributed by atoms with Gasteiger partial charge in [-0.2, -0.15) is 0 Å². The molecule has 0 aromatic carbocycles. The molecule has 2 aromatic heterocycles. The average Bonchev–Trinajstić information content (AvgIpc) is 2.90. The number of rotatable bonds is 4. The molecule has 1 amide bonds. The first kappa shape index (κ1) is 12.2. The first-order chi connectivity index (χ1) is 8.15. The first-order valence-corrected chi connectivity index (χ1v) is 6.45. The summed E-state index contributed by atoms with van der Waals surface area (Å²) >= 11 is 5.01. The topological polar surface area (TPSA) is 63.9 Å². The molecule has 0 N–H and O–H groups in total. The molecule has 0 radical (unpaired) electrons. The lowest BCUT2D eigenvalue weighted by Crippen LogP contribution is -2.29. The minimum Gasteiger partial charge on any atom is -0.339 e. The summed E-state index contributed by atoms with van der Waals surface area (Å²) in [4.78, 5) is 14.6. The third-order valence-corrected chi connectivity index (χ3v) is 3.74. The molecular weight excluding hydrogens is 306 g/mol. The third kappa shape index (κ3) is 3.34. The van der Waals surface area contributed by atoms with Crippen molar-refractivity contribution in [2.24, 2.45) is 0 Å². The lowest BCUT2D eigenvalue weighted by atomic mass is 10.4. The van der Waals surface area contributed by atoms with Gasteiger partial charge in [0.2, 0.25) is 5.91 Å². The maximum atomic E-state index is 11.8. The fraction of sp³-hybridized carbons (Fsp3) is 0.333. The number of carbonyl (C=O) groups excluding carboxylic acids is 1. The summed E-state index contributed by atoms with van der Waals surface area (Å²) in [7, 11) is 1.76. The predicted molar refractivity (Wildman–Crippen MR) is 66.3 cm³/mol. The molecular formula is C9H10BrN5OS. The van der Waals surface area contributed by atoms with Crippen molar-refractivity contribution in [1.82, 2.24) is 25.1 Å². The molecule has 0 aliphatic heterocycles. The van der Waals surface area contributed by atoms with Gasteiger partial charge in [0, 0.05) is 11.9 Å². The predicted octanol–water partition coefficient (Wildman–Crippen LogP) is 1.16. The van der Waals surface area contributed by atoms with Gasteiger partial charge in [-0.3, -0.25) is 4.79 Å². The number of carbonyl (C=O) groups is 1. The van der Waals surface area contributed by atoms with Gasteiger partial charge in [0.05, 0.1) is 10.3 Å². The molecule has 0 atom stereocenters. The van der Waals surface area contributed by atoms with Crippen LogP contribution >= 0.6 is 27.3 Å². The number of tetrazole rings is 1. The Bertz CT molecular complexity index is 497. The van der Waals surface area contributed by atoms with Crippen molar-refractivity contribution < 1.29 is 4.79 Å². The molecule has 2 aromatic rings. The van der Waals surface area contributed by atoms with Crippen molar-refractivity contribution in [3.8, 4) is 0 Å². The van der Waals surface area contributed by atoms with Crippen molar-refractivity contribution in [1.29, 1.82) is 0 Å². The Hall–Kier alpha value is -1.28. The Kier molecular flexibility index (Phi) is 3.85. The van der Waals surface area contributed by atoms with Gasteiger partial charge < -0.3 is 4.90 Å². The average molecular weight is 316 g/mol. The molecule has 2 rings (SSSR count). The van der Waals surface area contributed by atoms with Crippen LogP contribution in [0.25, 0.3) is 0 Å². The van der Waals surface area contributed by atoms with E-state index in [1.54, 1.807) is 23.3 Å². The van der Waals surface area contributed by atoms with Crippen molar-refractivity contribution in [2.45, 2.75) is 13.1 Å². The SMILES string of the molecule is CN(Cc1ccc(Br)s1)C(=O)Cn1cnnn1. The Balaban J connectivity index is 1.91. The van der Waals surface area contributed by atoms with Crippen LogP contribution in [0.4, 0.5) is 0 Å². The van der Waals surface area contributed by atoms with E-state index < -0.39 is 0 Å². The van der Waals surface area contributed by atoms with E-state index in [1.807, 2.05) is 12.1 Å². The van der Waals surface area contributed by atoms with E-state index in [4.69, 9.17) is 0 Å². The highest BCUT2D eigenvalue weighted by Gasteiger charge is 2.11. The highest BCUT2D eigenvalue weighted by atomic mass is 79.9. The maximum absolute atomic E-state index is 11.8. The van der Waals surface area contributed by atoms with Gasteiger partial charge in [-0.15, -0.1) is 16.4 Å². The van der Waals surface area contributed by atoms with Crippen LogP contribution in [0.2, 0.25) is 0 Å². The fourth-order valence-corrected chi connectivity index (χ4v) is 2.81. The second-order valence-electron chi connectivity index (χ2n) is 3.46. The Morgan fingerprint density at radius 1 is 1.59 bits per heavy atom. The van der Waals surface area contributed by atoms with E-state index in [0.29, 0.717) is 6.54 Å². The molecule has 0 aliphatic rings. The van der Waals surface area contributed by atoms with E-state index in [2.05, 4.69) is 31.5 Å². The summed E-state index contributed by atoms with van der Waals surface area (Å²) in [6, 6.07) is 3.97. The van der Waals surface area contributed by atoms with Crippen LogP contribution in [0.15, 0.2) is 22.2 Å². The molecule has 17 heavy (non-hydrogen) atoms. The van der Waals surface area contributed by atoms with Gasteiger partial charge in [-0.05, 0) is 38.5 Å². The lowest BCUT2D eigenvalue weighted by molar-refractivity contribution is -0.131. The largest absolute Gasteiger partial charge is 0.339 e. The number of amides is 1. The van der Waals surface area contributed by atoms with Crippen LogP contribution in [-0.4, -0.2) is 38.1 Å². The Labute approximate surface area is 110 Å². The van der Waals surface area contributed by atoms with Crippen molar-refractivity contribution in [2.75, 3.05) is 7.05 Å². The monoisotopic (exact) mass is 315 g/mol. The van der Waals surface area contributed by atoms with Crippen molar-refractivity contribution in [3.05, 3.63) is 27.1 Å². The Morgan fingerprint density at radius 3 is 3.00 bits per heavy atom. The van der Waals surface area contributed by atoms with Crippen LogP contribution in [-0.2, 0) is 17.9 Å². The van der Waals surface area contributed by atoms with E-state index in [-0.39, 0.29) is 12.5 Å². The smallest absolute Gasteiger partial charge is 0.244 e. The van der Waals surface area contributed by atoms with E-state index in [9.17, 15) is 4.79 Å². The molecule has 0 spiro atoms. The molecule has 6 nitrogen and oxygen atoms in total. The highest BCUT2D eigenvalue weighted by Crippen LogP contribution is 2.22. The van der Waals surface area contributed by atoms with Crippen molar-refractivity contribution >= 4 is 33.2 Å². The minimum atomic E-state index is -0.0261. The standard InChI is InChI=1S/C9H10BrN5OS/c1-14(4-7-2-3-8(10)17-7)9(16)5-15-6-11-12-13-15/h2-3,6H,4-5H2,1H3. The van der Waals surface area contributed by atoms with Gasteiger partial charge >= 0.3 is 0 Å². The summed E-state index contributed by atoms with van der Waals surface area (Å²) in [6.45, 7) is 0.757. The van der Waals surface area contributed by atoms with Gasteiger partial charge in [0.1, 0.15) is 12.9 Å². The van der Waals surface area contributed by atoms with E-state index in [0.717, 1.165) is 8.66 Å². The number of likely N-dealkylation sites (N-methyl/N-ethyl adjacent to an activating group) is 1. The van der Waals surface area contributed by atoms with Gasteiger partial charge in [-0.25, -0.2) is 4.68 Å². The molecule has 8 heteroatoms. The van der Waals surface area contributed by atoms with Crippen LogP contribution in [0.1, 0.15) is 4.88 Å². The highest BCUT2D eigenvalue weighted by molar-refractivity contribution is 9.11.